The fourth-order valence-electron chi connectivity index (χ4n) is 1.41. The van der Waals surface area contributed by atoms with E-state index in [1.54, 1.807) is 39.0 Å². The summed E-state index contributed by atoms with van der Waals surface area (Å²) in [5.74, 6) is 5.56. The van der Waals surface area contributed by atoms with Crippen LogP contribution in [-0.4, -0.2) is 24.0 Å². The Morgan fingerprint density at radius 1 is 1.33 bits per heavy atom. The fraction of sp³-hybridized carbons (Fsp3) is 0.375. The molecule has 0 fully saturated rings. The Morgan fingerprint density at radius 3 is 2.52 bits per heavy atom. The van der Waals surface area contributed by atoms with Crippen LogP contribution in [0.15, 0.2) is 18.2 Å². The van der Waals surface area contributed by atoms with E-state index in [0.29, 0.717) is 16.1 Å². The van der Waals surface area contributed by atoms with Crippen LogP contribution in [0.1, 0.15) is 43.6 Å². The summed E-state index contributed by atoms with van der Waals surface area (Å²) in [6, 6.07) is 4.92. The van der Waals surface area contributed by atoms with E-state index in [4.69, 9.17) is 16.3 Å². The lowest BCUT2D eigenvalue weighted by atomic mass is 10.1. The van der Waals surface area contributed by atoms with E-state index in [2.05, 4.69) is 17.2 Å². The van der Waals surface area contributed by atoms with Crippen molar-refractivity contribution in [3.05, 3.63) is 34.3 Å². The number of ether oxygens (including phenoxy) is 1. The fourth-order valence-corrected chi connectivity index (χ4v) is 1.63. The molecule has 0 heterocycles. The first-order chi connectivity index (χ1) is 9.69. The lowest BCUT2D eigenvalue weighted by Crippen LogP contribution is -2.32. The van der Waals surface area contributed by atoms with Crippen molar-refractivity contribution in [2.45, 2.75) is 33.3 Å². The number of hydrogen-bond acceptors (Lipinski definition) is 3. The molecule has 0 spiro atoms. The van der Waals surface area contributed by atoms with Crippen molar-refractivity contribution in [3.63, 3.8) is 0 Å². The molecule has 0 saturated carbocycles. The summed E-state index contributed by atoms with van der Waals surface area (Å²) in [4.78, 5) is 22.6. The smallest absolute Gasteiger partial charge is 0.408 e. The number of ketones is 1. The Balaban J connectivity index is 2.60. The lowest BCUT2D eigenvalue weighted by Gasteiger charge is -2.19. The van der Waals surface area contributed by atoms with Crippen LogP contribution < -0.4 is 5.32 Å². The summed E-state index contributed by atoms with van der Waals surface area (Å²) < 4.78 is 5.07. The molecule has 21 heavy (non-hydrogen) atoms. The molecule has 1 aromatic rings. The van der Waals surface area contributed by atoms with E-state index in [0.717, 1.165) is 0 Å². The van der Waals surface area contributed by atoms with Gasteiger partial charge in [0.2, 0.25) is 0 Å². The summed E-state index contributed by atoms with van der Waals surface area (Å²) in [6.07, 6.45) is -0.519. The first-order valence-electron chi connectivity index (χ1n) is 6.45. The van der Waals surface area contributed by atoms with Gasteiger partial charge in [-0.25, -0.2) is 4.79 Å². The molecule has 0 aliphatic rings. The summed E-state index contributed by atoms with van der Waals surface area (Å²) in [6.45, 7) is 6.99. The van der Waals surface area contributed by atoms with Gasteiger partial charge in [-0.15, -0.1) is 0 Å². The third-order valence-electron chi connectivity index (χ3n) is 2.32. The van der Waals surface area contributed by atoms with Gasteiger partial charge in [0.1, 0.15) is 5.60 Å². The van der Waals surface area contributed by atoms with Gasteiger partial charge in [0.25, 0.3) is 0 Å². The van der Waals surface area contributed by atoms with Crippen LogP contribution in [-0.2, 0) is 4.74 Å². The highest BCUT2D eigenvalue weighted by Gasteiger charge is 2.15. The minimum atomic E-state index is -0.538. The van der Waals surface area contributed by atoms with Gasteiger partial charge in [0, 0.05) is 11.1 Å². The second-order valence-corrected chi connectivity index (χ2v) is 5.82. The van der Waals surface area contributed by atoms with Crippen LogP contribution in [0.4, 0.5) is 4.79 Å². The number of Topliss-reactive ketones (excluding diaryl/α,β-unsaturated/α-hetero) is 1. The van der Waals surface area contributed by atoms with Gasteiger partial charge in [0.15, 0.2) is 5.78 Å². The second-order valence-electron chi connectivity index (χ2n) is 5.41. The normalized spacial score (nSPS) is 10.3. The molecular formula is C16H18ClNO3. The zero-order valence-electron chi connectivity index (χ0n) is 12.5. The Hall–Kier alpha value is -1.99. The third-order valence-corrected chi connectivity index (χ3v) is 2.63. The molecule has 0 saturated heterocycles. The minimum Gasteiger partial charge on any atom is -0.444 e. The van der Waals surface area contributed by atoms with Gasteiger partial charge in [-0.2, -0.15) is 0 Å². The van der Waals surface area contributed by atoms with Crippen LogP contribution in [0.5, 0.6) is 0 Å². The van der Waals surface area contributed by atoms with Crippen molar-refractivity contribution in [1.29, 1.82) is 0 Å². The molecule has 5 heteroatoms. The number of amides is 1. The average molecular weight is 308 g/mol. The zero-order valence-corrected chi connectivity index (χ0v) is 13.3. The topological polar surface area (TPSA) is 55.4 Å². The summed E-state index contributed by atoms with van der Waals surface area (Å²) >= 11 is 6.04. The number of rotatable bonds is 2. The van der Waals surface area contributed by atoms with Crippen molar-refractivity contribution >= 4 is 23.5 Å². The molecule has 0 bridgehead atoms. The number of alkyl carbamates (subject to hydrolysis) is 1. The molecule has 0 aromatic heterocycles. The zero-order chi connectivity index (χ0) is 16.0. The maximum atomic E-state index is 11.4. The van der Waals surface area contributed by atoms with Crippen molar-refractivity contribution < 1.29 is 14.3 Å². The van der Waals surface area contributed by atoms with Crippen LogP contribution in [0.3, 0.4) is 0 Å². The van der Waals surface area contributed by atoms with E-state index in [1.807, 2.05) is 0 Å². The number of carbonyl (C=O) groups is 2. The highest BCUT2D eigenvalue weighted by atomic mass is 35.5. The molecule has 112 valence electrons. The quantitative estimate of drug-likeness (QED) is 0.673. The Labute approximate surface area is 129 Å². The van der Waals surface area contributed by atoms with Gasteiger partial charge < -0.3 is 10.1 Å². The van der Waals surface area contributed by atoms with Crippen molar-refractivity contribution in [3.8, 4) is 11.8 Å². The van der Waals surface area contributed by atoms with Crippen molar-refractivity contribution in [2.24, 2.45) is 0 Å². The highest BCUT2D eigenvalue weighted by Crippen LogP contribution is 2.17. The standard InChI is InChI=1S/C16H18ClNO3/c1-11(19)13-8-7-12(14(17)10-13)6-5-9-18-15(20)21-16(2,3)4/h7-8,10H,9H2,1-4H3,(H,18,20). The first-order valence-corrected chi connectivity index (χ1v) is 6.83. The van der Waals surface area contributed by atoms with E-state index in [1.165, 1.54) is 6.92 Å². The summed E-state index contributed by atoms with van der Waals surface area (Å²) in [5.41, 5.74) is 0.605. The monoisotopic (exact) mass is 307 g/mol. The lowest BCUT2D eigenvalue weighted by molar-refractivity contribution is 0.0535. The average Bonchev–Trinajstić information content (AvgIpc) is 2.33. The van der Waals surface area contributed by atoms with E-state index < -0.39 is 11.7 Å². The first kappa shape index (κ1) is 17.1. The molecule has 0 atom stereocenters. The molecule has 1 amide bonds. The number of benzene rings is 1. The molecule has 1 aromatic carbocycles. The van der Waals surface area contributed by atoms with E-state index >= 15 is 0 Å². The Kier molecular flexibility index (Phi) is 5.80. The van der Waals surface area contributed by atoms with Gasteiger partial charge in [-0.1, -0.05) is 29.5 Å². The van der Waals surface area contributed by atoms with Crippen LogP contribution >= 0.6 is 11.6 Å². The van der Waals surface area contributed by atoms with E-state index in [-0.39, 0.29) is 12.3 Å². The summed E-state index contributed by atoms with van der Waals surface area (Å²) in [7, 11) is 0. The largest absolute Gasteiger partial charge is 0.444 e. The van der Waals surface area contributed by atoms with Gasteiger partial charge in [0.05, 0.1) is 11.6 Å². The molecular weight excluding hydrogens is 290 g/mol. The Morgan fingerprint density at radius 2 is 2.00 bits per heavy atom. The number of halogens is 1. The van der Waals surface area contributed by atoms with Crippen molar-refractivity contribution in [1.82, 2.24) is 5.32 Å². The predicted octanol–water partition coefficient (Wildman–Crippen LogP) is 3.42. The SMILES string of the molecule is CC(=O)c1ccc(C#CCNC(=O)OC(C)(C)C)c(Cl)c1. The third kappa shape index (κ3) is 6.33. The molecule has 1 rings (SSSR count). The molecule has 1 N–H and O–H groups in total. The van der Waals surface area contributed by atoms with E-state index in [9.17, 15) is 9.59 Å². The molecule has 0 aliphatic heterocycles. The van der Waals surface area contributed by atoms with Crippen LogP contribution in [0, 0.1) is 11.8 Å². The molecule has 4 nitrogen and oxygen atoms in total. The van der Waals surface area contributed by atoms with Crippen LogP contribution in [0.25, 0.3) is 0 Å². The number of nitrogens with one attached hydrogen (secondary N) is 1. The Bertz CT molecular complexity index is 606. The summed E-state index contributed by atoms with van der Waals surface area (Å²) in [5, 5.41) is 2.94. The number of carbonyl (C=O) groups excluding carboxylic acids is 2. The van der Waals surface area contributed by atoms with Crippen molar-refractivity contribution in [2.75, 3.05) is 6.54 Å². The molecule has 0 aliphatic carbocycles. The molecule has 0 radical (unpaired) electrons. The molecule has 0 unspecified atom stereocenters. The maximum Gasteiger partial charge on any atom is 0.408 e. The van der Waals surface area contributed by atoms with Gasteiger partial charge >= 0.3 is 6.09 Å². The number of hydrogen-bond donors (Lipinski definition) is 1. The second kappa shape index (κ2) is 7.14. The van der Waals surface area contributed by atoms with Gasteiger partial charge in [-0.3, -0.25) is 4.79 Å². The minimum absolute atomic E-state index is 0.0528. The van der Waals surface area contributed by atoms with Crippen LogP contribution in [0.2, 0.25) is 5.02 Å². The highest BCUT2D eigenvalue weighted by molar-refractivity contribution is 6.32. The maximum absolute atomic E-state index is 11.4. The predicted molar refractivity (Wildman–Crippen MR) is 82.6 cm³/mol. The van der Waals surface area contributed by atoms with Gasteiger partial charge in [-0.05, 0) is 39.8 Å².